The molecule has 0 saturated heterocycles. The first kappa shape index (κ1) is 15.7. The van der Waals surface area contributed by atoms with E-state index in [9.17, 15) is 14.7 Å². The summed E-state index contributed by atoms with van der Waals surface area (Å²) in [5, 5.41) is 14.5. The van der Waals surface area contributed by atoms with E-state index in [2.05, 4.69) is 15.6 Å². The predicted octanol–water partition coefficient (Wildman–Crippen LogP) is 1.87. The number of nitrogens with one attached hydrogen (secondary N) is 2. The number of nitrogens with two attached hydrogens (primary N) is 1. The lowest BCUT2D eigenvalue weighted by Gasteiger charge is -2.25. The highest BCUT2D eigenvalue weighted by Gasteiger charge is 2.25. The number of hydrogen-bond donors (Lipinski definition) is 4. The van der Waals surface area contributed by atoms with E-state index in [4.69, 9.17) is 5.73 Å². The second-order valence-corrected chi connectivity index (χ2v) is 5.69. The quantitative estimate of drug-likeness (QED) is 0.656. The average molecular weight is 280 g/mol. The standard InChI is InChI=1S/C13H20N4O3/c1-13(2,3)7-9(11(18)19)16-10-8(17-12(14)20)5-4-6-15-10/h4-6,9H,7H2,1-3H3,(H,15,16)(H,18,19)(H3,14,17,20). The first-order chi connectivity index (χ1) is 9.19. The van der Waals surface area contributed by atoms with Gasteiger partial charge >= 0.3 is 12.0 Å². The molecule has 0 aromatic carbocycles. The highest BCUT2D eigenvalue weighted by Crippen LogP contribution is 2.25. The summed E-state index contributed by atoms with van der Waals surface area (Å²) in [5.74, 6) is -0.696. The van der Waals surface area contributed by atoms with Crippen LogP contribution in [0.5, 0.6) is 0 Å². The summed E-state index contributed by atoms with van der Waals surface area (Å²) in [5.41, 5.74) is 5.25. The highest BCUT2D eigenvalue weighted by atomic mass is 16.4. The number of urea groups is 1. The third kappa shape index (κ3) is 5.13. The Kier molecular flexibility index (Phi) is 4.90. The summed E-state index contributed by atoms with van der Waals surface area (Å²) in [6.45, 7) is 5.85. The van der Waals surface area contributed by atoms with E-state index in [1.54, 1.807) is 12.1 Å². The number of anilines is 2. The summed E-state index contributed by atoms with van der Waals surface area (Å²) >= 11 is 0. The zero-order valence-electron chi connectivity index (χ0n) is 11.8. The zero-order valence-corrected chi connectivity index (χ0v) is 11.8. The fourth-order valence-corrected chi connectivity index (χ4v) is 1.73. The summed E-state index contributed by atoms with van der Waals surface area (Å²) in [6, 6.07) is 1.67. The maximum absolute atomic E-state index is 11.3. The van der Waals surface area contributed by atoms with Crippen LogP contribution in [-0.4, -0.2) is 28.1 Å². The molecule has 1 heterocycles. The van der Waals surface area contributed by atoms with Crippen molar-refractivity contribution in [2.75, 3.05) is 10.6 Å². The van der Waals surface area contributed by atoms with E-state index in [0.29, 0.717) is 12.1 Å². The van der Waals surface area contributed by atoms with Gasteiger partial charge in [0.15, 0.2) is 5.82 Å². The Labute approximate surface area is 117 Å². The molecule has 2 amide bonds. The van der Waals surface area contributed by atoms with Crippen molar-refractivity contribution in [1.82, 2.24) is 4.98 Å². The number of pyridine rings is 1. The third-order valence-electron chi connectivity index (χ3n) is 2.49. The Morgan fingerprint density at radius 2 is 2.10 bits per heavy atom. The molecule has 0 radical (unpaired) electrons. The molecule has 1 aromatic rings. The van der Waals surface area contributed by atoms with Crippen LogP contribution in [0.3, 0.4) is 0 Å². The Balaban J connectivity index is 2.94. The van der Waals surface area contributed by atoms with Gasteiger partial charge in [-0.2, -0.15) is 0 Å². The number of amides is 2. The molecule has 1 aromatic heterocycles. The van der Waals surface area contributed by atoms with Crippen molar-refractivity contribution < 1.29 is 14.7 Å². The van der Waals surface area contributed by atoms with Crippen molar-refractivity contribution >= 4 is 23.5 Å². The number of nitrogens with zero attached hydrogens (tertiary/aromatic N) is 1. The van der Waals surface area contributed by atoms with Gasteiger partial charge in [0.05, 0.1) is 5.69 Å². The van der Waals surface area contributed by atoms with Gasteiger partial charge in [-0.3, -0.25) is 0 Å². The number of carbonyl (C=O) groups excluding carboxylic acids is 1. The van der Waals surface area contributed by atoms with E-state index in [0.717, 1.165) is 0 Å². The molecule has 0 bridgehead atoms. The molecule has 7 nitrogen and oxygen atoms in total. The predicted molar refractivity (Wildman–Crippen MR) is 76.6 cm³/mol. The van der Waals surface area contributed by atoms with Gasteiger partial charge < -0.3 is 21.5 Å². The molecule has 0 spiro atoms. The van der Waals surface area contributed by atoms with Gasteiger partial charge in [-0.1, -0.05) is 20.8 Å². The Morgan fingerprint density at radius 1 is 1.45 bits per heavy atom. The number of aliphatic carboxylic acids is 1. The minimum absolute atomic E-state index is 0.165. The number of carboxylic acid groups (broad SMARTS) is 1. The Hall–Kier alpha value is -2.31. The second-order valence-electron chi connectivity index (χ2n) is 5.69. The van der Waals surface area contributed by atoms with Gasteiger partial charge in [0.1, 0.15) is 6.04 Å². The van der Waals surface area contributed by atoms with Crippen LogP contribution in [0.25, 0.3) is 0 Å². The molecule has 20 heavy (non-hydrogen) atoms. The van der Waals surface area contributed by atoms with Gasteiger partial charge in [-0.05, 0) is 24.0 Å². The molecule has 0 saturated carbocycles. The van der Waals surface area contributed by atoms with Gasteiger partial charge in [-0.25, -0.2) is 14.6 Å². The molecule has 0 aliphatic carbocycles. The van der Waals surface area contributed by atoms with Gasteiger partial charge in [0.25, 0.3) is 0 Å². The lowest BCUT2D eigenvalue weighted by atomic mass is 9.88. The molecular formula is C13H20N4O3. The van der Waals surface area contributed by atoms with Crippen molar-refractivity contribution in [2.45, 2.75) is 33.2 Å². The minimum atomic E-state index is -0.976. The molecular weight excluding hydrogens is 260 g/mol. The normalized spacial score (nSPS) is 12.6. The average Bonchev–Trinajstić information content (AvgIpc) is 2.28. The van der Waals surface area contributed by atoms with Crippen LogP contribution >= 0.6 is 0 Å². The summed E-state index contributed by atoms with van der Waals surface area (Å²) in [4.78, 5) is 26.3. The first-order valence-corrected chi connectivity index (χ1v) is 6.20. The van der Waals surface area contributed by atoms with Crippen LogP contribution in [-0.2, 0) is 4.79 Å². The van der Waals surface area contributed by atoms with Crippen LogP contribution < -0.4 is 16.4 Å². The third-order valence-corrected chi connectivity index (χ3v) is 2.49. The molecule has 0 fully saturated rings. The Morgan fingerprint density at radius 3 is 2.60 bits per heavy atom. The number of rotatable bonds is 5. The molecule has 0 aliphatic rings. The van der Waals surface area contributed by atoms with Gasteiger partial charge in [0, 0.05) is 6.20 Å². The topological polar surface area (TPSA) is 117 Å². The molecule has 110 valence electrons. The van der Waals surface area contributed by atoms with E-state index in [-0.39, 0.29) is 11.2 Å². The number of hydrogen-bond acceptors (Lipinski definition) is 4. The van der Waals surface area contributed by atoms with Crippen molar-refractivity contribution in [1.29, 1.82) is 0 Å². The number of primary amides is 1. The fraction of sp³-hybridized carbons (Fsp3) is 0.462. The summed E-state index contributed by atoms with van der Waals surface area (Å²) in [7, 11) is 0. The molecule has 7 heteroatoms. The number of aromatic nitrogens is 1. The lowest BCUT2D eigenvalue weighted by molar-refractivity contribution is -0.138. The molecule has 1 unspecified atom stereocenters. The van der Waals surface area contributed by atoms with E-state index >= 15 is 0 Å². The SMILES string of the molecule is CC(C)(C)CC(Nc1ncccc1NC(N)=O)C(=O)O. The van der Waals surface area contributed by atoms with E-state index < -0.39 is 18.0 Å². The van der Waals surface area contributed by atoms with Crippen molar-refractivity contribution in [3.8, 4) is 0 Å². The van der Waals surface area contributed by atoms with Crippen LogP contribution in [0.2, 0.25) is 0 Å². The molecule has 1 rings (SSSR count). The highest BCUT2D eigenvalue weighted by molar-refractivity contribution is 5.91. The van der Waals surface area contributed by atoms with Crippen LogP contribution in [0.4, 0.5) is 16.3 Å². The molecule has 0 aliphatic heterocycles. The second kappa shape index (κ2) is 6.23. The van der Waals surface area contributed by atoms with Crippen molar-refractivity contribution in [2.24, 2.45) is 11.1 Å². The van der Waals surface area contributed by atoms with Crippen LogP contribution in [0, 0.1) is 5.41 Å². The van der Waals surface area contributed by atoms with E-state index in [1.807, 2.05) is 20.8 Å². The largest absolute Gasteiger partial charge is 0.480 e. The van der Waals surface area contributed by atoms with E-state index in [1.165, 1.54) is 6.20 Å². The fourth-order valence-electron chi connectivity index (χ4n) is 1.73. The molecule has 1 atom stereocenters. The maximum atomic E-state index is 11.3. The number of carbonyl (C=O) groups is 2. The lowest BCUT2D eigenvalue weighted by Crippen LogP contribution is -2.34. The monoisotopic (exact) mass is 280 g/mol. The first-order valence-electron chi connectivity index (χ1n) is 6.20. The smallest absolute Gasteiger partial charge is 0.326 e. The summed E-state index contributed by atoms with van der Waals surface area (Å²) < 4.78 is 0. The van der Waals surface area contributed by atoms with Gasteiger partial charge in [-0.15, -0.1) is 0 Å². The number of carboxylic acids is 1. The van der Waals surface area contributed by atoms with Crippen LogP contribution in [0.1, 0.15) is 27.2 Å². The minimum Gasteiger partial charge on any atom is -0.480 e. The van der Waals surface area contributed by atoms with Crippen LogP contribution in [0.15, 0.2) is 18.3 Å². The van der Waals surface area contributed by atoms with Gasteiger partial charge in [0.2, 0.25) is 0 Å². The molecule has 5 N–H and O–H groups in total. The van der Waals surface area contributed by atoms with Crippen molar-refractivity contribution in [3.63, 3.8) is 0 Å². The summed E-state index contributed by atoms with van der Waals surface area (Å²) in [6.07, 6.45) is 1.92. The Bertz CT molecular complexity index is 497. The maximum Gasteiger partial charge on any atom is 0.326 e. The van der Waals surface area contributed by atoms with Crippen molar-refractivity contribution in [3.05, 3.63) is 18.3 Å². The zero-order chi connectivity index (χ0) is 15.3.